The minimum Gasteiger partial charge on any atom is -0.356 e. The Hall–Kier alpha value is -0.610. The molecule has 4 unspecified atom stereocenters. The van der Waals surface area contributed by atoms with Crippen LogP contribution >= 0.6 is 0 Å². The highest BCUT2D eigenvalue weighted by Crippen LogP contribution is 2.29. The van der Waals surface area contributed by atoms with Gasteiger partial charge in [-0.1, -0.05) is 13.3 Å². The Labute approximate surface area is 117 Å². The van der Waals surface area contributed by atoms with E-state index in [9.17, 15) is 4.79 Å². The molecule has 19 heavy (non-hydrogen) atoms. The van der Waals surface area contributed by atoms with E-state index in [-0.39, 0.29) is 11.8 Å². The van der Waals surface area contributed by atoms with E-state index in [2.05, 4.69) is 24.2 Å². The van der Waals surface area contributed by atoms with Gasteiger partial charge in [-0.15, -0.1) is 0 Å². The fourth-order valence-electron chi connectivity index (χ4n) is 3.53. The summed E-state index contributed by atoms with van der Waals surface area (Å²) in [5.41, 5.74) is 6.01. The largest absolute Gasteiger partial charge is 0.356 e. The highest BCUT2D eigenvalue weighted by atomic mass is 16.1. The first-order valence-corrected chi connectivity index (χ1v) is 7.78. The Balaban J connectivity index is 1.72. The predicted octanol–water partition coefficient (Wildman–Crippen LogP) is 1.21. The summed E-state index contributed by atoms with van der Waals surface area (Å²) in [7, 11) is 2.15. The molecule has 4 nitrogen and oxygen atoms in total. The van der Waals surface area contributed by atoms with E-state index in [0.29, 0.717) is 17.9 Å². The molecule has 0 aromatic carbocycles. The van der Waals surface area contributed by atoms with Crippen LogP contribution in [0.3, 0.4) is 0 Å². The summed E-state index contributed by atoms with van der Waals surface area (Å²) < 4.78 is 0. The lowest BCUT2D eigenvalue weighted by atomic mass is 9.78. The summed E-state index contributed by atoms with van der Waals surface area (Å²) in [5.74, 6) is 1.46. The van der Waals surface area contributed by atoms with Gasteiger partial charge in [0.1, 0.15) is 0 Å². The van der Waals surface area contributed by atoms with E-state index in [1.165, 1.54) is 12.8 Å². The maximum atomic E-state index is 12.2. The van der Waals surface area contributed by atoms with E-state index in [1.807, 2.05) is 0 Å². The minimum atomic E-state index is 0.116. The number of hydrogen-bond donors (Lipinski definition) is 2. The molecule has 0 radical (unpaired) electrons. The summed E-state index contributed by atoms with van der Waals surface area (Å²) in [6, 6.07) is 0.303. The zero-order valence-corrected chi connectivity index (χ0v) is 12.4. The van der Waals surface area contributed by atoms with Crippen molar-refractivity contribution in [3.8, 4) is 0 Å². The van der Waals surface area contributed by atoms with Gasteiger partial charge in [-0.2, -0.15) is 0 Å². The molecule has 0 spiro atoms. The molecular formula is C15H29N3O. The van der Waals surface area contributed by atoms with Crippen LogP contribution in [0.4, 0.5) is 0 Å². The lowest BCUT2D eigenvalue weighted by Crippen LogP contribution is -2.39. The van der Waals surface area contributed by atoms with E-state index in [0.717, 1.165) is 38.9 Å². The Morgan fingerprint density at radius 3 is 2.84 bits per heavy atom. The Morgan fingerprint density at radius 1 is 1.42 bits per heavy atom. The number of rotatable bonds is 4. The van der Waals surface area contributed by atoms with Gasteiger partial charge in [0.15, 0.2) is 0 Å². The topological polar surface area (TPSA) is 58.4 Å². The third-order valence-electron chi connectivity index (χ3n) is 4.93. The molecule has 1 saturated carbocycles. The third-order valence-corrected chi connectivity index (χ3v) is 4.93. The average molecular weight is 267 g/mol. The molecule has 1 saturated heterocycles. The number of nitrogens with zero attached hydrogens (tertiary/aromatic N) is 1. The summed E-state index contributed by atoms with van der Waals surface area (Å²) in [6.45, 7) is 5.18. The van der Waals surface area contributed by atoms with Gasteiger partial charge in [-0.3, -0.25) is 4.79 Å². The van der Waals surface area contributed by atoms with Crippen LogP contribution in [0, 0.1) is 17.8 Å². The SMILES string of the molecule is CC(C(=O)NCC1CCN(C)C1)C1CCCC(N)C1. The number of likely N-dealkylation sites (tertiary alicyclic amines) is 1. The van der Waals surface area contributed by atoms with Gasteiger partial charge in [0.25, 0.3) is 0 Å². The summed E-state index contributed by atoms with van der Waals surface area (Å²) in [5, 5.41) is 3.15. The van der Waals surface area contributed by atoms with Crippen molar-refractivity contribution in [2.45, 2.75) is 45.1 Å². The normalized spacial score (nSPS) is 34.2. The van der Waals surface area contributed by atoms with Crippen molar-refractivity contribution in [2.24, 2.45) is 23.5 Å². The van der Waals surface area contributed by atoms with Crippen LogP contribution in [0.2, 0.25) is 0 Å². The molecule has 2 fully saturated rings. The lowest BCUT2D eigenvalue weighted by molar-refractivity contribution is -0.126. The van der Waals surface area contributed by atoms with Crippen LogP contribution in [0.25, 0.3) is 0 Å². The second-order valence-electron chi connectivity index (χ2n) is 6.64. The molecule has 4 atom stereocenters. The van der Waals surface area contributed by atoms with E-state index < -0.39 is 0 Å². The van der Waals surface area contributed by atoms with Crippen molar-refractivity contribution >= 4 is 5.91 Å². The Bertz CT molecular complexity index is 308. The van der Waals surface area contributed by atoms with Gasteiger partial charge in [-0.25, -0.2) is 0 Å². The molecule has 1 heterocycles. The van der Waals surface area contributed by atoms with Crippen molar-refractivity contribution in [2.75, 3.05) is 26.7 Å². The Kier molecular flexibility index (Phi) is 5.22. The van der Waals surface area contributed by atoms with Crippen LogP contribution in [0.5, 0.6) is 0 Å². The Morgan fingerprint density at radius 2 is 2.21 bits per heavy atom. The van der Waals surface area contributed by atoms with Gasteiger partial charge in [0, 0.05) is 25.0 Å². The molecule has 2 rings (SSSR count). The zero-order chi connectivity index (χ0) is 13.8. The van der Waals surface area contributed by atoms with Gasteiger partial charge in [0.05, 0.1) is 0 Å². The second-order valence-corrected chi connectivity index (χ2v) is 6.64. The standard InChI is InChI=1S/C15H29N3O/c1-11(13-4-3-5-14(16)8-13)15(19)17-9-12-6-7-18(2)10-12/h11-14H,3-10,16H2,1-2H3,(H,17,19). The second kappa shape index (κ2) is 6.71. The van der Waals surface area contributed by atoms with Crippen LogP contribution in [0.1, 0.15) is 39.0 Å². The number of carbonyl (C=O) groups excluding carboxylic acids is 1. The summed E-state index contributed by atoms with van der Waals surface area (Å²) in [4.78, 5) is 14.6. The van der Waals surface area contributed by atoms with Crippen molar-refractivity contribution in [3.63, 3.8) is 0 Å². The number of hydrogen-bond acceptors (Lipinski definition) is 3. The predicted molar refractivity (Wildman–Crippen MR) is 77.7 cm³/mol. The van der Waals surface area contributed by atoms with Crippen molar-refractivity contribution in [1.29, 1.82) is 0 Å². The molecule has 0 aromatic rings. The maximum absolute atomic E-state index is 12.2. The molecule has 0 aromatic heterocycles. The molecule has 4 heteroatoms. The number of amides is 1. The lowest BCUT2D eigenvalue weighted by Gasteiger charge is -2.30. The first-order chi connectivity index (χ1) is 9.06. The van der Waals surface area contributed by atoms with Crippen LogP contribution in [0.15, 0.2) is 0 Å². The van der Waals surface area contributed by atoms with Gasteiger partial charge in [-0.05, 0) is 51.1 Å². The van der Waals surface area contributed by atoms with Crippen LogP contribution < -0.4 is 11.1 Å². The summed E-state index contributed by atoms with van der Waals surface area (Å²) >= 11 is 0. The molecule has 1 aliphatic carbocycles. The van der Waals surface area contributed by atoms with Crippen molar-refractivity contribution in [3.05, 3.63) is 0 Å². The van der Waals surface area contributed by atoms with Gasteiger partial charge < -0.3 is 16.0 Å². The zero-order valence-electron chi connectivity index (χ0n) is 12.4. The maximum Gasteiger partial charge on any atom is 0.223 e. The van der Waals surface area contributed by atoms with Gasteiger partial charge >= 0.3 is 0 Å². The quantitative estimate of drug-likeness (QED) is 0.805. The fourth-order valence-corrected chi connectivity index (χ4v) is 3.53. The van der Waals surface area contributed by atoms with Crippen molar-refractivity contribution in [1.82, 2.24) is 10.2 Å². The molecule has 1 aliphatic heterocycles. The van der Waals surface area contributed by atoms with Gasteiger partial charge in [0.2, 0.25) is 5.91 Å². The molecule has 110 valence electrons. The number of nitrogens with one attached hydrogen (secondary N) is 1. The highest BCUT2D eigenvalue weighted by molar-refractivity contribution is 5.78. The smallest absolute Gasteiger partial charge is 0.223 e. The van der Waals surface area contributed by atoms with E-state index >= 15 is 0 Å². The molecule has 0 bridgehead atoms. The fraction of sp³-hybridized carbons (Fsp3) is 0.933. The monoisotopic (exact) mass is 267 g/mol. The molecule has 2 aliphatic rings. The molecular weight excluding hydrogens is 238 g/mol. The third kappa shape index (κ3) is 4.18. The molecule has 1 amide bonds. The average Bonchev–Trinajstić information content (AvgIpc) is 2.81. The first kappa shape index (κ1) is 14.8. The minimum absolute atomic E-state index is 0.116. The van der Waals surface area contributed by atoms with Crippen LogP contribution in [-0.4, -0.2) is 43.5 Å². The van der Waals surface area contributed by atoms with E-state index in [1.54, 1.807) is 0 Å². The number of carbonyl (C=O) groups is 1. The van der Waals surface area contributed by atoms with E-state index in [4.69, 9.17) is 5.73 Å². The molecule has 3 N–H and O–H groups in total. The highest BCUT2D eigenvalue weighted by Gasteiger charge is 2.29. The summed E-state index contributed by atoms with van der Waals surface area (Å²) in [6.07, 6.45) is 5.69. The van der Waals surface area contributed by atoms with Crippen LogP contribution in [-0.2, 0) is 4.79 Å². The first-order valence-electron chi connectivity index (χ1n) is 7.78. The van der Waals surface area contributed by atoms with Crippen molar-refractivity contribution < 1.29 is 4.79 Å². The number of nitrogens with two attached hydrogens (primary N) is 1.